The molecule has 2 amide bonds. The lowest BCUT2D eigenvalue weighted by molar-refractivity contribution is -0.142. The van der Waals surface area contributed by atoms with Gasteiger partial charge in [-0.05, 0) is 19.1 Å². The van der Waals surface area contributed by atoms with Crippen molar-refractivity contribution in [3.8, 4) is 0 Å². The van der Waals surface area contributed by atoms with E-state index in [1.54, 1.807) is 12.1 Å². The Balaban J connectivity index is 2.03. The summed E-state index contributed by atoms with van der Waals surface area (Å²) in [6.07, 6.45) is 0. The zero-order valence-corrected chi connectivity index (χ0v) is 13.4. The molecule has 23 heavy (non-hydrogen) atoms. The van der Waals surface area contributed by atoms with Crippen LogP contribution < -0.4 is 4.72 Å². The van der Waals surface area contributed by atoms with E-state index < -0.39 is 39.6 Å². The van der Waals surface area contributed by atoms with E-state index in [0.29, 0.717) is 0 Å². The molecular formula is C14H16N2O6S. The Hall–Kier alpha value is -2.26. The topological polar surface area (TPSA) is 110 Å². The second-order valence-corrected chi connectivity index (χ2v) is 6.86. The third kappa shape index (κ3) is 3.57. The highest BCUT2D eigenvalue weighted by molar-refractivity contribution is 7.89. The minimum atomic E-state index is -3.85. The quantitative estimate of drug-likeness (QED) is 0.565. The van der Waals surface area contributed by atoms with Gasteiger partial charge in [-0.2, -0.15) is 0 Å². The first-order chi connectivity index (χ1) is 10.8. The lowest BCUT2D eigenvalue weighted by Gasteiger charge is -2.16. The van der Waals surface area contributed by atoms with Gasteiger partial charge in [-0.25, -0.2) is 13.1 Å². The van der Waals surface area contributed by atoms with Crippen LogP contribution in [0.25, 0.3) is 0 Å². The number of rotatable bonds is 6. The molecule has 9 heteroatoms. The summed E-state index contributed by atoms with van der Waals surface area (Å²) in [5, 5.41) is 0. The standard InChI is InChI=1S/C14H16N2O6S/c1-9(14(19)22-2)15-23(20,21)8-7-16-12(17)10-5-3-4-6-11(10)13(16)18/h3-6,9,15H,7-8H2,1-2H3. The molecule has 2 rings (SSSR count). The van der Waals surface area contributed by atoms with Crippen LogP contribution in [0.4, 0.5) is 0 Å². The second-order valence-electron chi connectivity index (χ2n) is 4.99. The summed E-state index contributed by atoms with van der Waals surface area (Å²) >= 11 is 0. The maximum Gasteiger partial charge on any atom is 0.323 e. The SMILES string of the molecule is COC(=O)C(C)NS(=O)(=O)CCN1C(=O)c2ccccc2C1=O. The molecule has 0 radical (unpaired) electrons. The van der Waals surface area contributed by atoms with Crippen molar-refractivity contribution >= 4 is 27.8 Å². The van der Waals surface area contributed by atoms with Gasteiger partial charge in [0.25, 0.3) is 11.8 Å². The number of methoxy groups -OCH3 is 1. The summed E-state index contributed by atoms with van der Waals surface area (Å²) in [6.45, 7) is 1.04. The van der Waals surface area contributed by atoms with Crippen LogP contribution in [-0.4, -0.2) is 56.6 Å². The van der Waals surface area contributed by atoms with Crippen LogP contribution in [0.15, 0.2) is 24.3 Å². The Bertz CT molecular complexity index is 723. The Kier molecular flexibility index (Phi) is 4.81. The molecule has 1 unspecified atom stereocenters. The molecule has 1 aromatic rings. The number of benzene rings is 1. The smallest absolute Gasteiger partial charge is 0.323 e. The molecule has 8 nitrogen and oxygen atoms in total. The number of nitrogens with zero attached hydrogens (tertiary/aromatic N) is 1. The van der Waals surface area contributed by atoms with Crippen molar-refractivity contribution in [2.75, 3.05) is 19.4 Å². The van der Waals surface area contributed by atoms with Gasteiger partial charge in [-0.1, -0.05) is 12.1 Å². The number of amides is 2. The summed E-state index contributed by atoms with van der Waals surface area (Å²) in [5.74, 6) is -2.28. The van der Waals surface area contributed by atoms with E-state index in [0.717, 1.165) is 12.0 Å². The van der Waals surface area contributed by atoms with E-state index in [2.05, 4.69) is 9.46 Å². The van der Waals surface area contributed by atoms with E-state index in [1.165, 1.54) is 19.1 Å². The van der Waals surface area contributed by atoms with Gasteiger partial charge in [-0.3, -0.25) is 19.3 Å². The summed E-state index contributed by atoms with van der Waals surface area (Å²) in [5.41, 5.74) is 0.511. The average Bonchev–Trinajstić information content (AvgIpc) is 2.76. The zero-order chi connectivity index (χ0) is 17.2. The lowest BCUT2D eigenvalue weighted by Crippen LogP contribution is -2.43. The first-order valence-corrected chi connectivity index (χ1v) is 8.45. The molecule has 1 heterocycles. The van der Waals surface area contributed by atoms with Crippen molar-refractivity contribution in [1.29, 1.82) is 0 Å². The number of imide groups is 1. The molecule has 1 aliphatic rings. The summed E-state index contributed by atoms with van der Waals surface area (Å²) in [4.78, 5) is 36.3. The first-order valence-electron chi connectivity index (χ1n) is 6.80. The molecule has 0 fully saturated rings. The van der Waals surface area contributed by atoms with E-state index >= 15 is 0 Å². The van der Waals surface area contributed by atoms with Crippen molar-refractivity contribution in [3.05, 3.63) is 35.4 Å². The van der Waals surface area contributed by atoms with Crippen molar-refractivity contribution in [2.24, 2.45) is 0 Å². The molecule has 1 aliphatic heterocycles. The van der Waals surface area contributed by atoms with E-state index in [9.17, 15) is 22.8 Å². The summed E-state index contributed by atoms with van der Waals surface area (Å²) in [6, 6.07) is 5.24. The van der Waals surface area contributed by atoms with Crippen LogP contribution in [0.5, 0.6) is 0 Å². The number of carbonyl (C=O) groups excluding carboxylic acids is 3. The van der Waals surface area contributed by atoms with Gasteiger partial charge >= 0.3 is 5.97 Å². The monoisotopic (exact) mass is 340 g/mol. The molecule has 1 aromatic carbocycles. The molecule has 1 atom stereocenters. The highest BCUT2D eigenvalue weighted by atomic mass is 32.2. The van der Waals surface area contributed by atoms with Gasteiger partial charge in [0.2, 0.25) is 10.0 Å². The summed E-state index contributed by atoms with van der Waals surface area (Å²) in [7, 11) is -2.71. The van der Waals surface area contributed by atoms with Crippen LogP contribution in [0.2, 0.25) is 0 Å². The average molecular weight is 340 g/mol. The minimum Gasteiger partial charge on any atom is -0.468 e. The lowest BCUT2D eigenvalue weighted by atomic mass is 10.1. The van der Waals surface area contributed by atoms with Crippen LogP contribution in [0, 0.1) is 0 Å². The van der Waals surface area contributed by atoms with Crippen LogP contribution in [-0.2, 0) is 19.6 Å². The van der Waals surface area contributed by atoms with Crippen LogP contribution in [0.3, 0.4) is 0 Å². The molecule has 124 valence electrons. The van der Waals surface area contributed by atoms with Crippen molar-refractivity contribution in [2.45, 2.75) is 13.0 Å². The number of hydrogen-bond donors (Lipinski definition) is 1. The van der Waals surface area contributed by atoms with Gasteiger partial charge < -0.3 is 4.74 Å². The number of hydrogen-bond acceptors (Lipinski definition) is 6. The van der Waals surface area contributed by atoms with Gasteiger partial charge in [0.15, 0.2) is 0 Å². The highest BCUT2D eigenvalue weighted by Crippen LogP contribution is 2.22. The van der Waals surface area contributed by atoms with Crippen LogP contribution >= 0.6 is 0 Å². The Labute approximate surface area is 133 Å². The molecule has 0 aromatic heterocycles. The van der Waals surface area contributed by atoms with Gasteiger partial charge in [0.1, 0.15) is 6.04 Å². The largest absolute Gasteiger partial charge is 0.468 e. The molecule has 0 saturated carbocycles. The highest BCUT2D eigenvalue weighted by Gasteiger charge is 2.35. The molecule has 0 spiro atoms. The van der Waals surface area contributed by atoms with Crippen LogP contribution in [0.1, 0.15) is 27.6 Å². The number of esters is 1. The zero-order valence-electron chi connectivity index (χ0n) is 12.6. The Morgan fingerprint density at radius 2 is 1.74 bits per heavy atom. The third-order valence-corrected chi connectivity index (χ3v) is 4.81. The fourth-order valence-corrected chi connectivity index (χ4v) is 3.38. The van der Waals surface area contributed by atoms with Crippen molar-refractivity contribution in [1.82, 2.24) is 9.62 Å². The molecule has 0 saturated heterocycles. The predicted molar refractivity (Wildman–Crippen MR) is 80.2 cm³/mol. The fraction of sp³-hybridized carbons (Fsp3) is 0.357. The fourth-order valence-electron chi connectivity index (χ4n) is 2.21. The number of fused-ring (bicyclic) bond motifs is 1. The van der Waals surface area contributed by atoms with Crippen molar-refractivity contribution < 1.29 is 27.5 Å². The summed E-state index contributed by atoms with van der Waals surface area (Å²) < 4.78 is 30.4. The predicted octanol–water partition coefficient (Wildman–Crippen LogP) is -0.236. The number of carbonyl (C=O) groups is 3. The minimum absolute atomic E-state index is 0.255. The maximum absolute atomic E-state index is 12.1. The Morgan fingerprint density at radius 3 is 2.22 bits per heavy atom. The number of sulfonamides is 1. The van der Waals surface area contributed by atoms with Gasteiger partial charge in [0.05, 0.1) is 24.0 Å². The first kappa shape index (κ1) is 17.1. The van der Waals surface area contributed by atoms with E-state index in [-0.39, 0.29) is 17.7 Å². The molecular weight excluding hydrogens is 324 g/mol. The normalized spacial score (nSPS) is 15.5. The van der Waals surface area contributed by atoms with Crippen molar-refractivity contribution in [3.63, 3.8) is 0 Å². The Morgan fingerprint density at radius 1 is 1.22 bits per heavy atom. The molecule has 1 N–H and O–H groups in total. The third-order valence-electron chi connectivity index (χ3n) is 3.37. The number of ether oxygens (including phenoxy) is 1. The van der Waals surface area contributed by atoms with Gasteiger partial charge in [-0.15, -0.1) is 0 Å². The molecule has 0 bridgehead atoms. The number of nitrogens with one attached hydrogen (secondary N) is 1. The second kappa shape index (κ2) is 6.47. The van der Waals surface area contributed by atoms with E-state index in [4.69, 9.17) is 0 Å². The maximum atomic E-state index is 12.1. The molecule has 0 aliphatic carbocycles. The van der Waals surface area contributed by atoms with Gasteiger partial charge in [0, 0.05) is 6.54 Å². The van der Waals surface area contributed by atoms with E-state index in [1.807, 2.05) is 0 Å².